The largest absolute Gasteiger partial charge is 0.329 e. The van der Waals surface area contributed by atoms with Gasteiger partial charge < -0.3 is 9.80 Å². The van der Waals surface area contributed by atoms with Gasteiger partial charge in [-0.2, -0.15) is 0 Å². The second-order valence-electron chi connectivity index (χ2n) is 5.84. The van der Waals surface area contributed by atoms with Crippen LogP contribution in [0, 0.1) is 0 Å². The molecule has 1 aromatic heterocycles. The lowest BCUT2D eigenvalue weighted by Crippen LogP contribution is -2.31. The summed E-state index contributed by atoms with van der Waals surface area (Å²) in [5.74, 6) is 0.681. The minimum absolute atomic E-state index is 0.0995. The minimum atomic E-state index is -0.0995. The minimum Gasteiger partial charge on any atom is -0.329 e. The molecular weight excluding hydrogens is 322 g/mol. The number of amides is 1. The lowest BCUT2D eigenvalue weighted by atomic mass is 10.2. The third kappa shape index (κ3) is 3.81. The first-order valence-electron chi connectivity index (χ1n) is 8.43. The molecule has 3 rings (SSSR count). The number of rotatable bonds is 6. The van der Waals surface area contributed by atoms with Crippen molar-refractivity contribution in [3.8, 4) is 0 Å². The number of para-hydroxylation sites is 2. The molecule has 130 valence electrons. The maximum atomic E-state index is 12.9. The van der Waals surface area contributed by atoms with Gasteiger partial charge in [-0.15, -0.1) is 6.58 Å². The molecule has 0 atom stereocenters. The molecule has 2 aromatic carbocycles. The molecule has 3 aromatic rings. The van der Waals surface area contributed by atoms with E-state index in [1.54, 1.807) is 17.2 Å². The quantitative estimate of drug-likeness (QED) is 0.610. The summed E-state index contributed by atoms with van der Waals surface area (Å²) < 4.78 is 0. The summed E-state index contributed by atoms with van der Waals surface area (Å²) in [5.41, 5.74) is 2.42. The fourth-order valence-corrected chi connectivity index (χ4v) is 2.69. The fraction of sp³-hybridized carbons (Fsp3) is 0.0909. The first kappa shape index (κ1) is 17.4. The number of anilines is 3. The van der Waals surface area contributed by atoms with Gasteiger partial charge in [0.2, 0.25) is 0 Å². The van der Waals surface area contributed by atoms with Crippen molar-refractivity contribution < 1.29 is 4.79 Å². The van der Waals surface area contributed by atoms with Crippen LogP contribution in [0.4, 0.5) is 17.2 Å². The first-order chi connectivity index (χ1) is 12.7. The van der Waals surface area contributed by atoms with Crippen molar-refractivity contribution >= 4 is 23.1 Å². The molecule has 1 amide bonds. The predicted octanol–water partition coefficient (Wildman–Crippen LogP) is 4.68. The van der Waals surface area contributed by atoms with E-state index >= 15 is 0 Å². The standard InChI is InChI=1S/C22H21N3O/c1-3-16-25(20-12-8-5-9-13-20)22(26)18-14-15-21(23-17-18)24(2)19-10-6-4-7-11-19/h3-15,17H,1,16H2,2H3. The maximum absolute atomic E-state index is 12.9. The van der Waals surface area contributed by atoms with Gasteiger partial charge >= 0.3 is 0 Å². The van der Waals surface area contributed by atoms with Crippen molar-refractivity contribution in [3.05, 3.63) is 97.2 Å². The molecule has 0 radical (unpaired) electrons. The second-order valence-corrected chi connectivity index (χ2v) is 5.84. The Balaban J connectivity index is 1.83. The van der Waals surface area contributed by atoms with E-state index in [9.17, 15) is 4.79 Å². The van der Waals surface area contributed by atoms with Gasteiger partial charge in [0.05, 0.1) is 5.56 Å². The van der Waals surface area contributed by atoms with Crippen molar-refractivity contribution in [2.75, 3.05) is 23.4 Å². The normalized spacial score (nSPS) is 10.2. The summed E-state index contributed by atoms with van der Waals surface area (Å²) >= 11 is 0. The average molecular weight is 343 g/mol. The van der Waals surface area contributed by atoms with Crippen LogP contribution in [0.2, 0.25) is 0 Å². The van der Waals surface area contributed by atoms with Gasteiger partial charge in [0.25, 0.3) is 5.91 Å². The molecule has 0 aliphatic rings. The summed E-state index contributed by atoms with van der Waals surface area (Å²) in [7, 11) is 1.95. The van der Waals surface area contributed by atoms with Gasteiger partial charge in [0.1, 0.15) is 5.82 Å². The maximum Gasteiger partial charge on any atom is 0.260 e. The highest BCUT2D eigenvalue weighted by Crippen LogP contribution is 2.22. The molecule has 0 saturated heterocycles. The monoisotopic (exact) mass is 343 g/mol. The molecule has 0 bridgehead atoms. The Morgan fingerprint density at radius 1 is 0.962 bits per heavy atom. The summed E-state index contributed by atoms with van der Waals surface area (Å²) in [6.07, 6.45) is 3.34. The third-order valence-electron chi connectivity index (χ3n) is 4.11. The number of pyridine rings is 1. The average Bonchev–Trinajstić information content (AvgIpc) is 2.72. The number of carbonyl (C=O) groups excluding carboxylic acids is 1. The second kappa shape index (κ2) is 8.12. The number of hydrogen-bond donors (Lipinski definition) is 0. The number of nitrogens with zero attached hydrogens (tertiary/aromatic N) is 3. The van der Waals surface area contributed by atoms with Crippen molar-refractivity contribution in [1.82, 2.24) is 4.98 Å². The molecule has 26 heavy (non-hydrogen) atoms. The topological polar surface area (TPSA) is 36.4 Å². The third-order valence-corrected chi connectivity index (χ3v) is 4.11. The Labute approximate surface area is 154 Å². The molecule has 0 N–H and O–H groups in total. The van der Waals surface area contributed by atoms with E-state index in [4.69, 9.17) is 0 Å². The van der Waals surface area contributed by atoms with E-state index in [-0.39, 0.29) is 5.91 Å². The first-order valence-corrected chi connectivity index (χ1v) is 8.43. The van der Waals surface area contributed by atoms with Gasteiger partial charge in [-0.3, -0.25) is 4.79 Å². The number of hydrogen-bond acceptors (Lipinski definition) is 3. The Bertz CT molecular complexity index is 861. The van der Waals surface area contributed by atoms with Gasteiger partial charge in [-0.05, 0) is 36.4 Å². The van der Waals surface area contributed by atoms with Crippen molar-refractivity contribution in [3.63, 3.8) is 0 Å². The zero-order valence-electron chi connectivity index (χ0n) is 14.7. The van der Waals surface area contributed by atoms with Gasteiger partial charge in [0, 0.05) is 31.2 Å². The van der Waals surface area contributed by atoms with Gasteiger partial charge in [-0.25, -0.2) is 4.98 Å². The number of aromatic nitrogens is 1. The zero-order valence-corrected chi connectivity index (χ0v) is 14.7. The highest BCUT2D eigenvalue weighted by molar-refractivity contribution is 6.06. The lowest BCUT2D eigenvalue weighted by Gasteiger charge is -2.22. The van der Waals surface area contributed by atoms with Gasteiger partial charge in [0.15, 0.2) is 0 Å². The van der Waals surface area contributed by atoms with Crippen LogP contribution < -0.4 is 9.80 Å². The zero-order chi connectivity index (χ0) is 18.4. The summed E-state index contributed by atoms with van der Waals surface area (Å²) in [5, 5.41) is 0. The Kier molecular flexibility index (Phi) is 5.44. The van der Waals surface area contributed by atoms with Crippen LogP contribution in [0.25, 0.3) is 0 Å². The van der Waals surface area contributed by atoms with Crippen LogP contribution >= 0.6 is 0 Å². The van der Waals surface area contributed by atoms with E-state index in [2.05, 4.69) is 11.6 Å². The number of carbonyl (C=O) groups is 1. The smallest absolute Gasteiger partial charge is 0.260 e. The van der Waals surface area contributed by atoms with Crippen LogP contribution in [0.5, 0.6) is 0 Å². The molecule has 0 spiro atoms. The van der Waals surface area contributed by atoms with E-state index in [0.717, 1.165) is 17.2 Å². The highest BCUT2D eigenvalue weighted by Gasteiger charge is 2.17. The summed E-state index contributed by atoms with van der Waals surface area (Å²) in [6.45, 7) is 4.20. The molecule has 0 aliphatic heterocycles. The van der Waals surface area contributed by atoms with Gasteiger partial charge in [-0.1, -0.05) is 42.5 Å². The van der Waals surface area contributed by atoms with E-state index in [1.807, 2.05) is 84.7 Å². The molecule has 4 heteroatoms. The molecule has 0 aliphatic carbocycles. The van der Waals surface area contributed by atoms with E-state index in [0.29, 0.717) is 12.1 Å². The molecule has 1 heterocycles. The molecule has 0 unspecified atom stereocenters. The van der Waals surface area contributed by atoms with Crippen LogP contribution in [0.3, 0.4) is 0 Å². The van der Waals surface area contributed by atoms with Crippen LogP contribution in [0.1, 0.15) is 10.4 Å². The predicted molar refractivity (Wildman–Crippen MR) is 107 cm³/mol. The van der Waals surface area contributed by atoms with Crippen LogP contribution in [0.15, 0.2) is 91.6 Å². The Morgan fingerprint density at radius 2 is 1.58 bits per heavy atom. The molecule has 4 nitrogen and oxygen atoms in total. The van der Waals surface area contributed by atoms with Crippen molar-refractivity contribution in [2.24, 2.45) is 0 Å². The highest BCUT2D eigenvalue weighted by atomic mass is 16.2. The molecule has 0 fully saturated rings. The summed E-state index contributed by atoms with van der Waals surface area (Å²) in [6, 6.07) is 23.2. The molecule has 0 saturated carbocycles. The number of benzene rings is 2. The van der Waals surface area contributed by atoms with Crippen LogP contribution in [-0.4, -0.2) is 24.5 Å². The van der Waals surface area contributed by atoms with E-state index < -0.39 is 0 Å². The van der Waals surface area contributed by atoms with Crippen molar-refractivity contribution in [1.29, 1.82) is 0 Å². The Morgan fingerprint density at radius 3 is 2.12 bits per heavy atom. The SMILES string of the molecule is C=CCN(C(=O)c1ccc(N(C)c2ccccc2)nc1)c1ccccc1. The Hall–Kier alpha value is -3.40. The lowest BCUT2D eigenvalue weighted by molar-refractivity contribution is 0.0989. The fourth-order valence-electron chi connectivity index (χ4n) is 2.69. The van der Waals surface area contributed by atoms with E-state index in [1.165, 1.54) is 0 Å². The van der Waals surface area contributed by atoms with Crippen LogP contribution in [-0.2, 0) is 0 Å². The molecular formula is C22H21N3O. The van der Waals surface area contributed by atoms with Crippen molar-refractivity contribution in [2.45, 2.75) is 0 Å². The summed E-state index contributed by atoms with van der Waals surface area (Å²) in [4.78, 5) is 21.0.